The highest BCUT2D eigenvalue weighted by molar-refractivity contribution is 14.1. The number of halogens is 1. The number of rotatable bonds is 8. The molecule has 2 rings (SSSR count). The first kappa shape index (κ1) is 21.4. The van der Waals surface area contributed by atoms with Crippen LogP contribution >= 0.6 is 41.5 Å². The summed E-state index contributed by atoms with van der Waals surface area (Å²) in [6.07, 6.45) is 0. The van der Waals surface area contributed by atoms with Crippen LogP contribution in [0.1, 0.15) is 30.3 Å². The van der Waals surface area contributed by atoms with Crippen LogP contribution in [0.15, 0.2) is 34.5 Å². The van der Waals surface area contributed by atoms with Gasteiger partial charge in [0.05, 0.1) is 16.3 Å². The quantitative estimate of drug-likeness (QED) is 0.208. The first-order valence-corrected chi connectivity index (χ1v) is 11.9. The van der Waals surface area contributed by atoms with E-state index in [1.165, 1.54) is 0 Å². The van der Waals surface area contributed by atoms with Crippen molar-refractivity contribution in [1.29, 1.82) is 0 Å². The number of alkyl halides is 1. The van der Waals surface area contributed by atoms with Crippen molar-refractivity contribution in [2.45, 2.75) is 24.1 Å². The minimum absolute atomic E-state index is 0.124. The lowest BCUT2D eigenvalue weighted by atomic mass is 10.2. The molecule has 142 valence electrons. The van der Waals surface area contributed by atoms with E-state index in [0.29, 0.717) is 15.8 Å². The van der Waals surface area contributed by atoms with Gasteiger partial charge in [0.15, 0.2) is 5.85 Å². The predicted molar refractivity (Wildman–Crippen MR) is 111 cm³/mol. The number of nitrogens with zero attached hydrogens (tertiary/aromatic N) is 4. The third-order valence-electron chi connectivity index (χ3n) is 3.63. The molecule has 2 aromatic rings. The minimum Gasteiger partial charge on any atom is -0.375 e. The fraction of sp³-hybridized carbons (Fsp3) is 0.400. The minimum atomic E-state index is -4.66. The van der Waals surface area contributed by atoms with Gasteiger partial charge in [0, 0.05) is 23.2 Å². The SMILES string of the molecule is CCN(CC)c1ccc(N=Nc2nc(CI)c(C(O)P(=O)(O)O)s2)cc1. The number of thiazole rings is 1. The molecule has 0 bridgehead atoms. The molecule has 0 saturated heterocycles. The van der Waals surface area contributed by atoms with Gasteiger partial charge in [-0.3, -0.25) is 4.57 Å². The van der Waals surface area contributed by atoms with Gasteiger partial charge in [-0.25, -0.2) is 4.98 Å². The number of hydrogen-bond donors (Lipinski definition) is 3. The molecular weight excluding hydrogens is 490 g/mol. The summed E-state index contributed by atoms with van der Waals surface area (Å²) in [6.45, 7) is 6.02. The highest BCUT2D eigenvalue weighted by atomic mass is 127. The fourth-order valence-corrected chi connectivity index (χ4v) is 4.90. The van der Waals surface area contributed by atoms with Crippen molar-refractivity contribution in [2.24, 2.45) is 10.2 Å². The van der Waals surface area contributed by atoms with Crippen molar-refractivity contribution in [1.82, 2.24) is 4.98 Å². The molecular formula is C15H20IN4O4PS. The smallest absolute Gasteiger partial charge is 0.359 e. The largest absolute Gasteiger partial charge is 0.375 e. The maximum absolute atomic E-state index is 11.3. The van der Waals surface area contributed by atoms with Gasteiger partial charge < -0.3 is 19.8 Å². The molecule has 8 nitrogen and oxygen atoms in total. The predicted octanol–water partition coefficient (Wildman–Crippen LogP) is 4.51. The average molecular weight is 510 g/mol. The van der Waals surface area contributed by atoms with Crippen LogP contribution in [0.3, 0.4) is 0 Å². The first-order chi connectivity index (χ1) is 12.3. The Morgan fingerprint density at radius 1 is 1.23 bits per heavy atom. The summed E-state index contributed by atoms with van der Waals surface area (Å²) in [6, 6.07) is 7.61. The van der Waals surface area contributed by atoms with Crippen molar-refractivity contribution in [2.75, 3.05) is 18.0 Å². The lowest BCUT2D eigenvalue weighted by Gasteiger charge is -2.20. The third-order valence-corrected chi connectivity index (χ3v) is 6.45. The Bertz CT molecular complexity index is 804. The third kappa shape index (κ3) is 5.30. The van der Waals surface area contributed by atoms with Crippen LogP contribution < -0.4 is 4.90 Å². The molecule has 1 unspecified atom stereocenters. The van der Waals surface area contributed by atoms with Gasteiger partial charge in [-0.1, -0.05) is 33.9 Å². The molecule has 0 aliphatic heterocycles. The number of benzene rings is 1. The molecule has 1 atom stereocenters. The molecule has 1 aromatic carbocycles. The van der Waals surface area contributed by atoms with Crippen molar-refractivity contribution in [3.05, 3.63) is 34.8 Å². The van der Waals surface area contributed by atoms with Crippen LogP contribution in [-0.2, 0) is 8.99 Å². The van der Waals surface area contributed by atoms with E-state index in [9.17, 15) is 9.67 Å². The Morgan fingerprint density at radius 2 is 1.85 bits per heavy atom. The molecule has 1 heterocycles. The van der Waals surface area contributed by atoms with Gasteiger partial charge in [-0.15, -0.1) is 10.2 Å². The monoisotopic (exact) mass is 510 g/mol. The zero-order valence-electron chi connectivity index (χ0n) is 14.3. The molecule has 3 N–H and O–H groups in total. The molecule has 0 fully saturated rings. The molecule has 0 aliphatic rings. The second-order valence-corrected chi connectivity index (χ2v) is 8.73. The van der Waals surface area contributed by atoms with Crippen molar-refractivity contribution < 1.29 is 19.5 Å². The van der Waals surface area contributed by atoms with Crippen molar-refractivity contribution >= 4 is 58.0 Å². The Labute approximate surface area is 169 Å². The van der Waals surface area contributed by atoms with E-state index >= 15 is 0 Å². The van der Waals surface area contributed by atoms with Crippen LogP contribution in [0.2, 0.25) is 0 Å². The number of azo groups is 1. The van der Waals surface area contributed by atoms with Gasteiger partial charge in [-0.05, 0) is 38.1 Å². The maximum atomic E-state index is 11.3. The topological polar surface area (TPSA) is 119 Å². The Kier molecular flexibility index (Phi) is 7.68. The van der Waals surface area contributed by atoms with E-state index in [1.54, 1.807) is 0 Å². The van der Waals surface area contributed by atoms with Crippen LogP contribution in [0.5, 0.6) is 0 Å². The molecule has 1 aromatic heterocycles. The fourth-order valence-electron chi connectivity index (χ4n) is 2.26. The second-order valence-electron chi connectivity index (χ2n) is 5.29. The van der Waals surface area contributed by atoms with Crippen molar-refractivity contribution in [3.8, 4) is 0 Å². The van der Waals surface area contributed by atoms with E-state index in [2.05, 4.69) is 34.0 Å². The Hall–Kier alpha value is -0.910. The number of hydrogen-bond acceptors (Lipinski definition) is 7. The lowest BCUT2D eigenvalue weighted by Crippen LogP contribution is -2.21. The van der Waals surface area contributed by atoms with E-state index in [-0.39, 0.29) is 10.0 Å². The highest BCUT2D eigenvalue weighted by Crippen LogP contribution is 2.53. The Morgan fingerprint density at radius 3 is 2.35 bits per heavy atom. The highest BCUT2D eigenvalue weighted by Gasteiger charge is 2.32. The standard InChI is InChI=1S/C15H20IN4O4PS/c1-3-20(4-2)11-7-5-10(6-8-11)18-19-15-17-12(9-16)13(26-15)14(21)25(22,23)24/h5-8,14,21H,3-4,9H2,1-2H3,(H2,22,23,24). The molecule has 26 heavy (non-hydrogen) atoms. The summed E-state index contributed by atoms with van der Waals surface area (Å²) in [5.74, 6) is -1.89. The van der Waals surface area contributed by atoms with Gasteiger partial charge >= 0.3 is 7.60 Å². The summed E-state index contributed by atoms with van der Waals surface area (Å²) < 4.78 is 11.7. The molecule has 0 spiro atoms. The van der Waals surface area contributed by atoms with Gasteiger partial charge in [0.1, 0.15) is 0 Å². The molecule has 11 heteroatoms. The van der Waals surface area contributed by atoms with E-state index in [1.807, 2.05) is 46.9 Å². The number of aromatic nitrogens is 1. The Balaban J connectivity index is 2.20. The van der Waals surface area contributed by atoms with Crippen LogP contribution in [-0.4, -0.2) is 33.0 Å². The number of anilines is 1. The van der Waals surface area contributed by atoms with Crippen LogP contribution in [0.4, 0.5) is 16.5 Å². The number of aliphatic hydroxyl groups is 1. The summed E-state index contributed by atoms with van der Waals surface area (Å²) in [5.41, 5.74) is 2.14. The summed E-state index contributed by atoms with van der Waals surface area (Å²) in [5, 5.41) is 18.2. The van der Waals surface area contributed by atoms with Gasteiger partial charge in [-0.2, -0.15) is 0 Å². The summed E-state index contributed by atoms with van der Waals surface area (Å²) in [4.78, 5) is 24.9. The van der Waals surface area contributed by atoms with E-state index in [0.717, 1.165) is 30.1 Å². The van der Waals surface area contributed by atoms with Crippen molar-refractivity contribution in [3.63, 3.8) is 0 Å². The number of aliphatic hydroxyl groups excluding tert-OH is 1. The lowest BCUT2D eigenvalue weighted by molar-refractivity contribution is 0.208. The van der Waals surface area contributed by atoms with E-state index in [4.69, 9.17) is 9.79 Å². The van der Waals surface area contributed by atoms with Gasteiger partial charge in [0.25, 0.3) is 0 Å². The normalized spacial score (nSPS) is 13.3. The zero-order valence-corrected chi connectivity index (χ0v) is 18.1. The molecule has 0 saturated carbocycles. The summed E-state index contributed by atoms with van der Waals surface area (Å²) >= 11 is 2.94. The zero-order chi connectivity index (χ0) is 19.3. The maximum Gasteiger partial charge on any atom is 0.359 e. The van der Waals surface area contributed by atoms with Gasteiger partial charge in [0.2, 0.25) is 5.13 Å². The summed E-state index contributed by atoms with van der Waals surface area (Å²) in [7, 11) is -4.66. The van der Waals surface area contributed by atoms with Crippen LogP contribution in [0, 0.1) is 0 Å². The average Bonchev–Trinajstić information content (AvgIpc) is 3.03. The molecule has 0 aliphatic carbocycles. The molecule has 0 radical (unpaired) electrons. The molecule has 0 amide bonds. The second kappa shape index (κ2) is 9.34. The first-order valence-electron chi connectivity index (χ1n) is 7.85. The van der Waals surface area contributed by atoms with Crippen LogP contribution in [0.25, 0.3) is 0 Å². The van der Waals surface area contributed by atoms with E-state index < -0.39 is 13.4 Å².